The summed E-state index contributed by atoms with van der Waals surface area (Å²) < 4.78 is 21.4. The number of carbonyl (C=O) groups is 1. The van der Waals surface area contributed by atoms with E-state index in [0.29, 0.717) is 29.2 Å². The Hall–Kier alpha value is -1.75. The average molecular weight is 294 g/mol. The molecule has 1 atom stereocenters. The van der Waals surface area contributed by atoms with Gasteiger partial charge in [-0.25, -0.2) is 0 Å². The number of methoxy groups -OCH3 is 3. The second-order valence-corrected chi connectivity index (χ2v) is 4.98. The molecule has 0 spiro atoms. The summed E-state index contributed by atoms with van der Waals surface area (Å²) in [5.74, 6) is 1.45. The molecule has 1 aromatic carbocycles. The van der Waals surface area contributed by atoms with E-state index in [9.17, 15) is 4.79 Å². The summed E-state index contributed by atoms with van der Waals surface area (Å²) in [6.45, 7) is 0.804. The van der Waals surface area contributed by atoms with Crippen LogP contribution in [0.2, 0.25) is 0 Å². The Labute approximate surface area is 125 Å². The fraction of sp³-hybridized carbons (Fsp3) is 0.562. The first-order chi connectivity index (χ1) is 10.2. The lowest BCUT2D eigenvalue weighted by Crippen LogP contribution is -2.10. The molecule has 0 radical (unpaired) electrons. The smallest absolute Gasteiger partial charge is 0.204 e. The Morgan fingerprint density at radius 2 is 1.95 bits per heavy atom. The first-order valence-corrected chi connectivity index (χ1v) is 7.15. The van der Waals surface area contributed by atoms with Crippen LogP contribution < -0.4 is 14.2 Å². The molecule has 1 saturated heterocycles. The quantitative estimate of drug-likeness (QED) is 0.724. The molecule has 0 amide bonds. The SMILES string of the molecule is COc1ccc(C(=O)CCC2CCCO2)c(OC)c1OC. The Kier molecular flexibility index (Phi) is 5.44. The highest BCUT2D eigenvalue weighted by Gasteiger charge is 2.22. The predicted molar refractivity (Wildman–Crippen MR) is 78.6 cm³/mol. The van der Waals surface area contributed by atoms with E-state index < -0.39 is 0 Å². The van der Waals surface area contributed by atoms with E-state index in [1.165, 1.54) is 14.2 Å². The molecule has 1 heterocycles. The van der Waals surface area contributed by atoms with E-state index >= 15 is 0 Å². The summed E-state index contributed by atoms with van der Waals surface area (Å²) in [7, 11) is 4.60. The van der Waals surface area contributed by atoms with Crippen LogP contribution in [0.25, 0.3) is 0 Å². The summed E-state index contributed by atoms with van der Waals surface area (Å²) in [6, 6.07) is 3.44. The molecule has 1 aromatic rings. The number of benzene rings is 1. The normalized spacial score (nSPS) is 17.6. The molecule has 1 aliphatic heterocycles. The zero-order valence-electron chi connectivity index (χ0n) is 12.8. The van der Waals surface area contributed by atoms with E-state index in [1.807, 2.05) is 0 Å². The Balaban J connectivity index is 2.15. The van der Waals surface area contributed by atoms with Crippen molar-refractivity contribution in [2.24, 2.45) is 0 Å². The van der Waals surface area contributed by atoms with Crippen LogP contribution in [-0.2, 0) is 4.74 Å². The molecule has 5 nitrogen and oxygen atoms in total. The molecule has 0 saturated carbocycles. The number of hydrogen-bond acceptors (Lipinski definition) is 5. The van der Waals surface area contributed by atoms with Crippen molar-refractivity contribution in [2.75, 3.05) is 27.9 Å². The van der Waals surface area contributed by atoms with Gasteiger partial charge in [0.2, 0.25) is 5.75 Å². The molecule has 2 rings (SSSR count). The van der Waals surface area contributed by atoms with Gasteiger partial charge in [-0.1, -0.05) is 0 Å². The van der Waals surface area contributed by atoms with E-state index in [2.05, 4.69) is 0 Å². The number of carbonyl (C=O) groups excluding carboxylic acids is 1. The number of ether oxygens (including phenoxy) is 4. The maximum atomic E-state index is 12.4. The van der Waals surface area contributed by atoms with Gasteiger partial charge < -0.3 is 18.9 Å². The average Bonchev–Trinajstić information content (AvgIpc) is 3.04. The molecule has 21 heavy (non-hydrogen) atoms. The Morgan fingerprint density at radius 3 is 2.52 bits per heavy atom. The van der Waals surface area contributed by atoms with Gasteiger partial charge >= 0.3 is 0 Å². The van der Waals surface area contributed by atoms with Crippen molar-refractivity contribution in [3.8, 4) is 17.2 Å². The van der Waals surface area contributed by atoms with Gasteiger partial charge in [-0.2, -0.15) is 0 Å². The first kappa shape index (κ1) is 15.6. The molecule has 0 aliphatic carbocycles. The van der Waals surface area contributed by atoms with Gasteiger partial charge in [0.25, 0.3) is 0 Å². The van der Waals surface area contributed by atoms with Crippen molar-refractivity contribution in [1.29, 1.82) is 0 Å². The van der Waals surface area contributed by atoms with Crippen molar-refractivity contribution in [3.05, 3.63) is 17.7 Å². The highest BCUT2D eigenvalue weighted by Crippen LogP contribution is 2.40. The Morgan fingerprint density at radius 1 is 1.19 bits per heavy atom. The zero-order valence-corrected chi connectivity index (χ0v) is 12.8. The zero-order chi connectivity index (χ0) is 15.2. The van der Waals surface area contributed by atoms with Gasteiger partial charge in [0.1, 0.15) is 0 Å². The number of hydrogen-bond donors (Lipinski definition) is 0. The van der Waals surface area contributed by atoms with Crippen LogP contribution in [0, 0.1) is 0 Å². The van der Waals surface area contributed by atoms with Gasteiger partial charge in [0.05, 0.1) is 33.0 Å². The fourth-order valence-electron chi connectivity index (χ4n) is 2.62. The molecule has 1 fully saturated rings. The van der Waals surface area contributed by atoms with Crippen LogP contribution in [-0.4, -0.2) is 39.8 Å². The number of ketones is 1. The fourth-order valence-corrected chi connectivity index (χ4v) is 2.62. The third-order valence-electron chi connectivity index (χ3n) is 3.72. The minimum Gasteiger partial charge on any atom is -0.493 e. The monoisotopic (exact) mass is 294 g/mol. The molecule has 1 unspecified atom stereocenters. The van der Waals surface area contributed by atoms with Gasteiger partial charge in [0, 0.05) is 13.0 Å². The van der Waals surface area contributed by atoms with Crippen LogP contribution in [0.1, 0.15) is 36.0 Å². The lowest BCUT2D eigenvalue weighted by molar-refractivity contribution is 0.0857. The first-order valence-electron chi connectivity index (χ1n) is 7.15. The lowest BCUT2D eigenvalue weighted by Gasteiger charge is -2.15. The van der Waals surface area contributed by atoms with Gasteiger partial charge in [-0.15, -0.1) is 0 Å². The van der Waals surface area contributed by atoms with Crippen molar-refractivity contribution in [3.63, 3.8) is 0 Å². The lowest BCUT2D eigenvalue weighted by atomic mass is 10.0. The third-order valence-corrected chi connectivity index (χ3v) is 3.72. The predicted octanol–water partition coefficient (Wildman–Crippen LogP) is 2.85. The second kappa shape index (κ2) is 7.31. The van der Waals surface area contributed by atoms with Crippen molar-refractivity contribution in [2.45, 2.75) is 31.8 Å². The highest BCUT2D eigenvalue weighted by atomic mass is 16.5. The summed E-state index contributed by atoms with van der Waals surface area (Å²) in [5, 5.41) is 0. The minimum absolute atomic E-state index is 0.0308. The van der Waals surface area contributed by atoms with E-state index in [4.69, 9.17) is 18.9 Å². The highest BCUT2D eigenvalue weighted by molar-refractivity contribution is 6.00. The van der Waals surface area contributed by atoms with Crippen LogP contribution >= 0.6 is 0 Å². The topological polar surface area (TPSA) is 54.0 Å². The van der Waals surface area contributed by atoms with Gasteiger partial charge in [-0.05, 0) is 31.4 Å². The van der Waals surface area contributed by atoms with Crippen molar-refractivity contribution < 1.29 is 23.7 Å². The van der Waals surface area contributed by atoms with E-state index in [1.54, 1.807) is 19.2 Å². The molecule has 1 aliphatic rings. The van der Waals surface area contributed by atoms with E-state index in [-0.39, 0.29) is 11.9 Å². The Bertz CT molecular complexity index is 492. The van der Waals surface area contributed by atoms with Gasteiger partial charge in [0.15, 0.2) is 17.3 Å². The molecule has 5 heteroatoms. The molecular weight excluding hydrogens is 272 g/mol. The minimum atomic E-state index is 0.0308. The molecule has 0 aromatic heterocycles. The van der Waals surface area contributed by atoms with Crippen LogP contribution in [0.5, 0.6) is 17.2 Å². The third kappa shape index (κ3) is 3.47. The maximum Gasteiger partial charge on any atom is 0.204 e. The van der Waals surface area contributed by atoms with Crippen LogP contribution in [0.15, 0.2) is 12.1 Å². The van der Waals surface area contributed by atoms with Gasteiger partial charge in [-0.3, -0.25) is 4.79 Å². The standard InChI is InChI=1S/C16H22O5/c1-18-14-9-7-12(15(19-2)16(14)20-3)13(17)8-6-11-5-4-10-21-11/h7,9,11H,4-6,8,10H2,1-3H3. The largest absolute Gasteiger partial charge is 0.493 e. The molecule has 116 valence electrons. The van der Waals surface area contributed by atoms with E-state index in [0.717, 1.165) is 25.9 Å². The molecule has 0 N–H and O–H groups in total. The maximum absolute atomic E-state index is 12.4. The van der Waals surface area contributed by atoms with Crippen molar-refractivity contribution in [1.82, 2.24) is 0 Å². The number of Topliss-reactive ketones (excluding diaryl/α,β-unsaturated/α-hetero) is 1. The van der Waals surface area contributed by atoms with Crippen LogP contribution in [0.4, 0.5) is 0 Å². The second-order valence-electron chi connectivity index (χ2n) is 4.98. The summed E-state index contributed by atoms with van der Waals surface area (Å²) in [4.78, 5) is 12.4. The number of rotatable bonds is 7. The molecular formula is C16H22O5. The summed E-state index contributed by atoms with van der Waals surface area (Å²) in [6.07, 6.45) is 3.52. The summed E-state index contributed by atoms with van der Waals surface area (Å²) in [5.41, 5.74) is 0.521. The van der Waals surface area contributed by atoms with Crippen molar-refractivity contribution >= 4 is 5.78 Å². The van der Waals surface area contributed by atoms with Crippen LogP contribution in [0.3, 0.4) is 0 Å². The molecule has 0 bridgehead atoms. The summed E-state index contributed by atoms with van der Waals surface area (Å²) >= 11 is 0.